The molecule has 0 aliphatic carbocycles. The number of anilines is 1. The molecule has 21 heavy (non-hydrogen) atoms. The van der Waals surface area contributed by atoms with Crippen LogP contribution in [0.3, 0.4) is 0 Å². The summed E-state index contributed by atoms with van der Waals surface area (Å²) in [4.78, 5) is 10.7. The molecule has 0 spiro atoms. The zero-order valence-electron chi connectivity index (χ0n) is 12.2. The van der Waals surface area contributed by atoms with Crippen LogP contribution in [0.25, 0.3) is 0 Å². The summed E-state index contributed by atoms with van der Waals surface area (Å²) >= 11 is 3.54. The van der Waals surface area contributed by atoms with E-state index in [-0.39, 0.29) is 10.6 Å². The van der Waals surface area contributed by atoms with Gasteiger partial charge in [0.1, 0.15) is 0 Å². The lowest BCUT2D eigenvalue weighted by Crippen LogP contribution is -2.03. The summed E-state index contributed by atoms with van der Waals surface area (Å²) in [6, 6.07) is 9.59. The predicted molar refractivity (Wildman–Crippen MR) is 88.8 cm³/mol. The number of hydrogen-bond acceptors (Lipinski definition) is 3. The number of nitrogens with zero attached hydrogens (tertiary/aromatic N) is 1. The molecule has 2 aromatic carbocycles. The summed E-state index contributed by atoms with van der Waals surface area (Å²) in [6.45, 7) is 6.35. The summed E-state index contributed by atoms with van der Waals surface area (Å²) in [7, 11) is 0. The maximum atomic E-state index is 11.0. The summed E-state index contributed by atoms with van der Waals surface area (Å²) in [5.74, 6) is 0. The number of rotatable bonds is 4. The Balaban J connectivity index is 2.23. The van der Waals surface area contributed by atoms with E-state index in [9.17, 15) is 10.1 Å². The van der Waals surface area contributed by atoms with Crippen molar-refractivity contribution >= 4 is 27.3 Å². The Bertz CT molecular complexity index is 699. The number of benzene rings is 2. The van der Waals surface area contributed by atoms with Crippen LogP contribution in [0.1, 0.15) is 22.3 Å². The lowest BCUT2D eigenvalue weighted by atomic mass is 10.1. The molecule has 0 amide bonds. The van der Waals surface area contributed by atoms with Crippen LogP contribution in [0.2, 0.25) is 0 Å². The molecule has 5 heteroatoms. The Kier molecular flexibility index (Phi) is 4.63. The number of halogens is 1. The average molecular weight is 349 g/mol. The molecule has 1 N–H and O–H groups in total. The van der Waals surface area contributed by atoms with E-state index in [0.717, 1.165) is 21.3 Å². The standard InChI is InChI=1S/C16H17BrN2O2/c1-10-4-5-13(14(17)6-10)9-18-15-8-16(19(20)21)12(3)7-11(15)2/h4-8,18H,9H2,1-3H3. The maximum absolute atomic E-state index is 11.0. The minimum Gasteiger partial charge on any atom is -0.381 e. The number of nitro groups is 1. The van der Waals surface area contributed by atoms with Crippen molar-refractivity contribution in [3.05, 3.63) is 67.2 Å². The molecule has 0 aliphatic rings. The molecule has 2 rings (SSSR count). The number of aryl methyl sites for hydroxylation is 3. The van der Waals surface area contributed by atoms with Crippen LogP contribution in [0.4, 0.5) is 11.4 Å². The van der Waals surface area contributed by atoms with Crippen LogP contribution in [0, 0.1) is 30.9 Å². The van der Waals surface area contributed by atoms with Crippen LogP contribution >= 0.6 is 15.9 Å². The molecule has 0 unspecified atom stereocenters. The maximum Gasteiger partial charge on any atom is 0.274 e. The summed E-state index contributed by atoms with van der Waals surface area (Å²) in [5.41, 5.74) is 4.92. The van der Waals surface area contributed by atoms with Gasteiger partial charge in [0.05, 0.1) is 4.92 Å². The lowest BCUT2D eigenvalue weighted by Gasteiger charge is -2.12. The minimum absolute atomic E-state index is 0.145. The fraction of sp³-hybridized carbons (Fsp3) is 0.250. The van der Waals surface area contributed by atoms with Gasteiger partial charge in [-0.3, -0.25) is 10.1 Å². The zero-order valence-corrected chi connectivity index (χ0v) is 13.8. The first kappa shape index (κ1) is 15.5. The van der Waals surface area contributed by atoms with Crippen LogP contribution in [0.5, 0.6) is 0 Å². The van der Waals surface area contributed by atoms with Crippen molar-refractivity contribution in [2.24, 2.45) is 0 Å². The van der Waals surface area contributed by atoms with Gasteiger partial charge in [0.2, 0.25) is 0 Å². The van der Waals surface area contributed by atoms with E-state index in [1.165, 1.54) is 5.56 Å². The van der Waals surface area contributed by atoms with Crippen molar-refractivity contribution < 1.29 is 4.92 Å². The van der Waals surface area contributed by atoms with Gasteiger partial charge in [-0.2, -0.15) is 0 Å². The largest absolute Gasteiger partial charge is 0.381 e. The summed E-state index contributed by atoms with van der Waals surface area (Å²) in [5, 5.41) is 14.3. The number of hydrogen-bond donors (Lipinski definition) is 1. The van der Waals surface area contributed by atoms with Gasteiger partial charge in [-0.15, -0.1) is 0 Å². The SMILES string of the molecule is Cc1ccc(CNc2cc([N+](=O)[O-])c(C)cc2C)c(Br)c1. The van der Waals surface area contributed by atoms with Gasteiger partial charge >= 0.3 is 0 Å². The molecule has 0 atom stereocenters. The monoisotopic (exact) mass is 348 g/mol. The number of nitrogens with one attached hydrogen (secondary N) is 1. The fourth-order valence-electron chi connectivity index (χ4n) is 2.21. The van der Waals surface area contributed by atoms with Crippen LogP contribution in [-0.4, -0.2) is 4.92 Å². The van der Waals surface area contributed by atoms with Crippen molar-refractivity contribution in [1.29, 1.82) is 0 Å². The molecule has 0 saturated carbocycles. The molecule has 0 saturated heterocycles. The van der Waals surface area contributed by atoms with Crippen molar-refractivity contribution in [3.8, 4) is 0 Å². The van der Waals surface area contributed by atoms with E-state index >= 15 is 0 Å². The second-order valence-corrected chi connectivity index (χ2v) is 6.01. The summed E-state index contributed by atoms with van der Waals surface area (Å²) in [6.07, 6.45) is 0. The molecule has 0 radical (unpaired) electrons. The molecule has 4 nitrogen and oxygen atoms in total. The third-order valence-corrected chi connectivity index (χ3v) is 4.16. The first-order valence-corrected chi connectivity index (χ1v) is 7.42. The Labute approximate surface area is 132 Å². The minimum atomic E-state index is -0.345. The molecule has 0 aromatic heterocycles. The van der Waals surface area contributed by atoms with E-state index in [1.54, 1.807) is 13.0 Å². The third-order valence-electron chi connectivity index (χ3n) is 3.42. The second-order valence-electron chi connectivity index (χ2n) is 5.16. The van der Waals surface area contributed by atoms with Gasteiger partial charge in [0.25, 0.3) is 5.69 Å². The van der Waals surface area contributed by atoms with Crippen LogP contribution in [0.15, 0.2) is 34.8 Å². The molecule has 110 valence electrons. The molecule has 0 bridgehead atoms. The van der Waals surface area contributed by atoms with Gasteiger partial charge in [0.15, 0.2) is 0 Å². The fourth-order valence-corrected chi connectivity index (χ4v) is 2.85. The quantitative estimate of drug-likeness (QED) is 0.631. The normalized spacial score (nSPS) is 10.5. The van der Waals surface area contributed by atoms with Crippen molar-refractivity contribution in [2.75, 3.05) is 5.32 Å². The Morgan fingerprint density at radius 3 is 2.48 bits per heavy atom. The van der Waals surface area contributed by atoms with Crippen molar-refractivity contribution in [2.45, 2.75) is 27.3 Å². The highest BCUT2D eigenvalue weighted by Crippen LogP contribution is 2.27. The van der Waals surface area contributed by atoms with Gasteiger partial charge in [0, 0.05) is 28.3 Å². The van der Waals surface area contributed by atoms with Crippen LogP contribution < -0.4 is 5.32 Å². The van der Waals surface area contributed by atoms with Crippen molar-refractivity contribution in [3.63, 3.8) is 0 Å². The molecule has 0 heterocycles. The van der Waals surface area contributed by atoms with E-state index in [2.05, 4.69) is 27.3 Å². The van der Waals surface area contributed by atoms with Crippen molar-refractivity contribution in [1.82, 2.24) is 0 Å². The van der Waals surface area contributed by atoms with Gasteiger partial charge in [-0.05, 0) is 49.6 Å². The average Bonchev–Trinajstić information content (AvgIpc) is 2.39. The highest BCUT2D eigenvalue weighted by molar-refractivity contribution is 9.10. The topological polar surface area (TPSA) is 55.2 Å². The van der Waals surface area contributed by atoms with E-state index in [1.807, 2.05) is 32.0 Å². The number of nitro benzene ring substituents is 1. The van der Waals surface area contributed by atoms with Gasteiger partial charge in [-0.1, -0.05) is 28.1 Å². The lowest BCUT2D eigenvalue weighted by molar-refractivity contribution is -0.385. The first-order chi connectivity index (χ1) is 9.88. The zero-order chi connectivity index (χ0) is 15.6. The second kappa shape index (κ2) is 6.26. The highest BCUT2D eigenvalue weighted by atomic mass is 79.9. The molecular formula is C16H17BrN2O2. The Morgan fingerprint density at radius 1 is 1.14 bits per heavy atom. The van der Waals surface area contributed by atoms with Crippen LogP contribution in [-0.2, 0) is 6.54 Å². The van der Waals surface area contributed by atoms with E-state index in [4.69, 9.17) is 0 Å². The van der Waals surface area contributed by atoms with Gasteiger partial charge in [-0.25, -0.2) is 0 Å². The molecular weight excluding hydrogens is 332 g/mol. The third kappa shape index (κ3) is 3.61. The van der Waals surface area contributed by atoms with Gasteiger partial charge < -0.3 is 5.32 Å². The Morgan fingerprint density at radius 2 is 1.86 bits per heavy atom. The Hall–Kier alpha value is -1.88. The highest BCUT2D eigenvalue weighted by Gasteiger charge is 2.13. The molecule has 0 aliphatic heterocycles. The predicted octanol–water partition coefficient (Wildman–Crippen LogP) is 4.89. The summed E-state index contributed by atoms with van der Waals surface area (Å²) < 4.78 is 1.04. The molecule has 2 aromatic rings. The first-order valence-electron chi connectivity index (χ1n) is 6.63. The smallest absolute Gasteiger partial charge is 0.274 e. The molecule has 0 fully saturated rings. The van der Waals surface area contributed by atoms with E-state index < -0.39 is 0 Å². The van der Waals surface area contributed by atoms with E-state index in [0.29, 0.717) is 12.1 Å².